The van der Waals surface area contributed by atoms with Gasteiger partial charge in [-0.3, -0.25) is 14.8 Å². The minimum Gasteiger partial charge on any atom is -0.301 e. The van der Waals surface area contributed by atoms with E-state index in [1.54, 1.807) is 23.3 Å². The Bertz CT molecular complexity index is 800. The van der Waals surface area contributed by atoms with Gasteiger partial charge in [-0.15, -0.1) is 0 Å². The van der Waals surface area contributed by atoms with Crippen LogP contribution in [-0.4, -0.2) is 34.5 Å². The van der Waals surface area contributed by atoms with Crippen LogP contribution in [0.1, 0.15) is 0 Å². The molecule has 3 rings (SSSR count). The van der Waals surface area contributed by atoms with Crippen LogP contribution < -0.4 is 16.8 Å². The number of nitrogens with zero attached hydrogens (tertiary/aromatic N) is 6. The van der Waals surface area contributed by atoms with Crippen LogP contribution in [0.5, 0.6) is 0 Å². The van der Waals surface area contributed by atoms with Crippen LogP contribution >= 0.6 is 11.8 Å². The third-order valence-electron chi connectivity index (χ3n) is 2.30. The summed E-state index contributed by atoms with van der Waals surface area (Å²) in [4.78, 5) is 34.2. The van der Waals surface area contributed by atoms with E-state index in [4.69, 9.17) is 5.84 Å². The zero-order valence-corrected chi connectivity index (χ0v) is 11.3. The number of H-pyrrole nitrogens is 1. The van der Waals surface area contributed by atoms with Crippen LogP contribution in [-0.2, 0) is 0 Å². The SMILES string of the molecule is NNc1nc(Sc2nccc(=O)[nH]2)nc(-n2ccnc2)n1. The van der Waals surface area contributed by atoms with Gasteiger partial charge in [-0.05, 0) is 11.8 Å². The van der Waals surface area contributed by atoms with Crippen molar-refractivity contribution in [2.75, 3.05) is 5.43 Å². The molecule has 3 aromatic rings. The van der Waals surface area contributed by atoms with Crippen LogP contribution in [0.3, 0.4) is 0 Å². The third kappa shape index (κ3) is 3.04. The second-order valence-corrected chi connectivity index (χ2v) is 4.65. The van der Waals surface area contributed by atoms with Crippen molar-refractivity contribution in [1.82, 2.24) is 34.5 Å². The first-order valence-corrected chi connectivity index (χ1v) is 6.50. The summed E-state index contributed by atoms with van der Waals surface area (Å²) in [5.74, 6) is 5.88. The van der Waals surface area contributed by atoms with Gasteiger partial charge in [-0.1, -0.05) is 0 Å². The molecule has 11 heteroatoms. The number of hydrogen-bond donors (Lipinski definition) is 3. The first kappa shape index (κ1) is 13.2. The maximum absolute atomic E-state index is 11.3. The average molecular weight is 303 g/mol. The Hall–Kier alpha value is -2.79. The highest BCUT2D eigenvalue weighted by Crippen LogP contribution is 2.21. The highest BCUT2D eigenvalue weighted by molar-refractivity contribution is 7.99. The summed E-state index contributed by atoms with van der Waals surface area (Å²) in [6.45, 7) is 0. The molecule has 0 amide bonds. The number of nitrogens with one attached hydrogen (secondary N) is 2. The number of hydrazine groups is 1. The lowest BCUT2D eigenvalue weighted by Gasteiger charge is -2.05. The summed E-state index contributed by atoms with van der Waals surface area (Å²) in [6, 6.07) is 1.32. The topological polar surface area (TPSA) is 140 Å². The van der Waals surface area contributed by atoms with Gasteiger partial charge in [0.15, 0.2) is 5.16 Å². The Morgan fingerprint density at radius 3 is 2.90 bits per heavy atom. The average Bonchev–Trinajstić information content (AvgIpc) is 3.01. The van der Waals surface area contributed by atoms with Gasteiger partial charge in [0, 0.05) is 24.7 Å². The molecular formula is C10H9N9OS. The van der Waals surface area contributed by atoms with Crippen molar-refractivity contribution in [3.05, 3.63) is 41.3 Å². The summed E-state index contributed by atoms with van der Waals surface area (Å²) < 4.78 is 1.60. The molecule has 4 N–H and O–H groups in total. The van der Waals surface area contributed by atoms with E-state index in [0.717, 1.165) is 11.8 Å². The Kier molecular flexibility index (Phi) is 3.57. The lowest BCUT2D eigenvalue weighted by molar-refractivity contribution is 0.819. The fourth-order valence-corrected chi connectivity index (χ4v) is 2.14. The van der Waals surface area contributed by atoms with E-state index in [0.29, 0.717) is 16.3 Å². The van der Waals surface area contributed by atoms with Crippen molar-refractivity contribution in [1.29, 1.82) is 0 Å². The van der Waals surface area contributed by atoms with E-state index in [9.17, 15) is 4.79 Å². The molecule has 0 aliphatic heterocycles. The fraction of sp³-hybridized carbons (Fsp3) is 0. The highest BCUT2D eigenvalue weighted by atomic mass is 32.2. The van der Waals surface area contributed by atoms with E-state index in [1.807, 2.05) is 0 Å². The molecule has 0 saturated carbocycles. The van der Waals surface area contributed by atoms with Gasteiger partial charge in [0.25, 0.3) is 5.56 Å². The predicted octanol–water partition coefficient (Wildman–Crippen LogP) is -0.423. The van der Waals surface area contributed by atoms with Crippen LogP contribution in [0.25, 0.3) is 5.95 Å². The Morgan fingerprint density at radius 2 is 2.19 bits per heavy atom. The lowest BCUT2D eigenvalue weighted by Crippen LogP contribution is -2.14. The molecule has 0 aliphatic carbocycles. The molecule has 0 atom stereocenters. The number of aromatic nitrogens is 7. The molecule has 0 fully saturated rings. The molecular weight excluding hydrogens is 294 g/mol. The van der Waals surface area contributed by atoms with Crippen LogP contribution in [0.4, 0.5) is 5.95 Å². The van der Waals surface area contributed by atoms with Gasteiger partial charge in [-0.2, -0.15) is 15.0 Å². The largest absolute Gasteiger partial charge is 0.301 e. The number of nitrogens with two attached hydrogens (primary N) is 1. The first-order valence-electron chi connectivity index (χ1n) is 5.69. The first-order chi connectivity index (χ1) is 10.2. The van der Waals surface area contributed by atoms with Gasteiger partial charge in [0.2, 0.25) is 17.1 Å². The number of aromatic amines is 1. The number of nitrogen functional groups attached to an aromatic ring is 1. The summed E-state index contributed by atoms with van der Waals surface area (Å²) >= 11 is 1.08. The molecule has 10 nitrogen and oxygen atoms in total. The van der Waals surface area contributed by atoms with E-state index in [1.165, 1.54) is 12.3 Å². The second-order valence-electron chi connectivity index (χ2n) is 3.70. The van der Waals surface area contributed by atoms with Gasteiger partial charge in [-0.25, -0.2) is 15.8 Å². The van der Waals surface area contributed by atoms with E-state index in [2.05, 4.69) is 35.3 Å². The molecule has 3 aromatic heterocycles. The molecule has 21 heavy (non-hydrogen) atoms. The maximum atomic E-state index is 11.3. The van der Waals surface area contributed by atoms with Crippen LogP contribution in [0.2, 0.25) is 0 Å². The normalized spacial score (nSPS) is 10.5. The highest BCUT2D eigenvalue weighted by Gasteiger charge is 2.10. The summed E-state index contributed by atoms with van der Waals surface area (Å²) in [7, 11) is 0. The number of hydrogen-bond acceptors (Lipinski definition) is 9. The van der Waals surface area contributed by atoms with E-state index in [-0.39, 0.29) is 11.5 Å². The van der Waals surface area contributed by atoms with Crippen molar-refractivity contribution in [3.63, 3.8) is 0 Å². The number of rotatable bonds is 4. The summed E-state index contributed by atoms with van der Waals surface area (Å²) in [5, 5.41) is 0.698. The zero-order chi connectivity index (χ0) is 14.7. The van der Waals surface area contributed by atoms with Crippen molar-refractivity contribution < 1.29 is 0 Å². The van der Waals surface area contributed by atoms with E-state index >= 15 is 0 Å². The maximum Gasteiger partial charge on any atom is 0.251 e. The van der Waals surface area contributed by atoms with Crippen LogP contribution in [0.15, 0.2) is 46.1 Å². The molecule has 3 heterocycles. The van der Waals surface area contributed by atoms with Gasteiger partial charge in [0.1, 0.15) is 6.33 Å². The van der Waals surface area contributed by atoms with Crippen molar-refractivity contribution in [3.8, 4) is 5.95 Å². The Labute approximate surface area is 121 Å². The van der Waals surface area contributed by atoms with Gasteiger partial charge in [0.05, 0.1) is 0 Å². The molecule has 0 bridgehead atoms. The molecule has 0 radical (unpaired) electrons. The lowest BCUT2D eigenvalue weighted by atomic mass is 10.7. The minimum absolute atomic E-state index is 0.189. The summed E-state index contributed by atoms with van der Waals surface area (Å²) in [5.41, 5.74) is 2.11. The molecule has 0 spiro atoms. The summed E-state index contributed by atoms with van der Waals surface area (Å²) in [6.07, 6.45) is 6.24. The van der Waals surface area contributed by atoms with Crippen molar-refractivity contribution in [2.45, 2.75) is 10.3 Å². The monoisotopic (exact) mass is 303 g/mol. The fourth-order valence-electron chi connectivity index (χ4n) is 1.44. The second kappa shape index (κ2) is 5.68. The molecule has 0 aliphatic rings. The molecule has 0 aromatic carbocycles. The van der Waals surface area contributed by atoms with Gasteiger partial charge < -0.3 is 4.98 Å². The molecule has 0 saturated heterocycles. The number of imidazole rings is 1. The molecule has 0 unspecified atom stereocenters. The third-order valence-corrected chi connectivity index (χ3v) is 3.07. The van der Waals surface area contributed by atoms with Crippen molar-refractivity contribution in [2.24, 2.45) is 5.84 Å². The predicted molar refractivity (Wildman–Crippen MR) is 73.7 cm³/mol. The van der Waals surface area contributed by atoms with Crippen molar-refractivity contribution >= 4 is 17.7 Å². The minimum atomic E-state index is -0.256. The Morgan fingerprint density at radius 1 is 1.29 bits per heavy atom. The Balaban J connectivity index is 1.98. The van der Waals surface area contributed by atoms with Crippen LogP contribution in [0, 0.1) is 0 Å². The van der Waals surface area contributed by atoms with E-state index < -0.39 is 0 Å². The molecule has 106 valence electrons. The van der Waals surface area contributed by atoms with Gasteiger partial charge >= 0.3 is 0 Å². The quantitative estimate of drug-likeness (QED) is 0.333. The number of anilines is 1. The smallest absolute Gasteiger partial charge is 0.251 e. The standard InChI is InChI=1S/C10H9N9OS/c11-18-7-15-8(19-4-3-12-5-19)17-10(16-7)21-9-13-2-1-6(20)14-9/h1-5H,11H2,(H,13,14,20)(H,15,16,17,18). The zero-order valence-electron chi connectivity index (χ0n) is 10.5.